The minimum absolute atomic E-state index is 0.581. The van der Waals surface area contributed by atoms with Crippen molar-refractivity contribution in [3.05, 3.63) is 72.8 Å². The first-order valence-electron chi connectivity index (χ1n) is 5.88. The van der Waals surface area contributed by atoms with Gasteiger partial charge in [0.15, 0.2) is 0 Å². The predicted octanol–water partition coefficient (Wildman–Crippen LogP) is 4.09. The molecule has 4 heteroatoms. The topological polar surface area (TPSA) is 38.7 Å². The van der Waals surface area contributed by atoms with Gasteiger partial charge in [0.1, 0.15) is 11.5 Å². The third-order valence-corrected chi connectivity index (χ3v) is 3.16. The molecule has 98 valence electrons. The van der Waals surface area contributed by atoms with Gasteiger partial charge in [-0.2, -0.15) is 0 Å². The van der Waals surface area contributed by atoms with E-state index >= 15 is 0 Å². The Morgan fingerprint density at radius 3 is 2.42 bits per heavy atom. The second kappa shape index (κ2) is 6.93. The summed E-state index contributed by atoms with van der Waals surface area (Å²) in [6, 6.07) is 16.6. The Kier molecular flexibility index (Phi) is 4.96. The second-order valence-electron chi connectivity index (χ2n) is 3.83. The summed E-state index contributed by atoms with van der Waals surface area (Å²) in [6.45, 7) is 3.70. The molecular weight excluding hydrogens is 259 g/mol. The number of hydrogen-bond acceptors (Lipinski definition) is 3. The summed E-state index contributed by atoms with van der Waals surface area (Å²) in [6.07, 6.45) is 2.48. The Morgan fingerprint density at radius 2 is 1.68 bits per heavy atom. The van der Waals surface area contributed by atoms with Crippen molar-refractivity contribution >= 4 is 8.60 Å². The van der Waals surface area contributed by atoms with Crippen LogP contribution in [0.3, 0.4) is 0 Å². The Bertz CT molecular complexity index is 528. The highest BCUT2D eigenvalue weighted by molar-refractivity contribution is 7.41. The summed E-state index contributed by atoms with van der Waals surface area (Å²) < 4.78 is 10.8. The summed E-state index contributed by atoms with van der Waals surface area (Å²) in [7, 11) is -1.99. The van der Waals surface area contributed by atoms with E-state index in [1.54, 1.807) is 24.3 Å². The van der Waals surface area contributed by atoms with E-state index in [-0.39, 0.29) is 0 Å². The van der Waals surface area contributed by atoms with Crippen LogP contribution < -0.4 is 9.05 Å². The molecule has 0 fully saturated rings. The first-order valence-corrected chi connectivity index (χ1v) is 7.01. The van der Waals surface area contributed by atoms with Gasteiger partial charge in [-0.15, -0.1) is 6.58 Å². The summed E-state index contributed by atoms with van der Waals surface area (Å²) in [5.74, 6) is 1.20. The Balaban J connectivity index is 2.02. The lowest BCUT2D eigenvalue weighted by atomic mass is 10.1. The van der Waals surface area contributed by atoms with Crippen LogP contribution >= 0.6 is 8.60 Å². The van der Waals surface area contributed by atoms with E-state index in [0.717, 1.165) is 5.56 Å². The standard InChI is InChI=1S/C15H15O3P/c1-2-8-13-9-6-7-12-15(13)18-19(16)17-14-10-4-3-5-11-14/h2-7,9-12,16H,1,8H2. The van der Waals surface area contributed by atoms with Gasteiger partial charge in [-0.25, -0.2) is 0 Å². The van der Waals surface area contributed by atoms with E-state index in [1.807, 2.05) is 36.4 Å². The highest BCUT2D eigenvalue weighted by Crippen LogP contribution is 2.37. The van der Waals surface area contributed by atoms with Crippen molar-refractivity contribution in [2.45, 2.75) is 6.42 Å². The first kappa shape index (κ1) is 13.6. The van der Waals surface area contributed by atoms with Crippen LogP contribution in [-0.4, -0.2) is 4.89 Å². The lowest BCUT2D eigenvalue weighted by Gasteiger charge is -2.14. The molecule has 0 aliphatic heterocycles. The maximum Gasteiger partial charge on any atom is 0.460 e. The van der Waals surface area contributed by atoms with E-state index in [0.29, 0.717) is 17.9 Å². The average Bonchev–Trinajstić information content (AvgIpc) is 2.42. The molecule has 1 N–H and O–H groups in total. The van der Waals surface area contributed by atoms with E-state index in [2.05, 4.69) is 6.58 Å². The fourth-order valence-electron chi connectivity index (χ4n) is 1.59. The number of allylic oxidation sites excluding steroid dienone is 1. The van der Waals surface area contributed by atoms with Crippen LogP contribution in [0.4, 0.5) is 0 Å². The van der Waals surface area contributed by atoms with Gasteiger partial charge < -0.3 is 13.9 Å². The molecule has 0 radical (unpaired) electrons. The molecule has 0 heterocycles. The second-order valence-corrected chi connectivity index (χ2v) is 4.67. The van der Waals surface area contributed by atoms with Crippen molar-refractivity contribution in [2.24, 2.45) is 0 Å². The van der Waals surface area contributed by atoms with Crippen molar-refractivity contribution in [3.8, 4) is 11.5 Å². The van der Waals surface area contributed by atoms with Crippen molar-refractivity contribution < 1.29 is 13.9 Å². The van der Waals surface area contributed by atoms with Gasteiger partial charge >= 0.3 is 8.60 Å². The fraction of sp³-hybridized carbons (Fsp3) is 0.0667. The molecule has 1 atom stereocenters. The third-order valence-electron chi connectivity index (χ3n) is 2.44. The Labute approximate surface area is 114 Å². The molecule has 2 aromatic rings. The molecule has 19 heavy (non-hydrogen) atoms. The molecule has 0 spiro atoms. The summed E-state index contributed by atoms with van der Waals surface area (Å²) in [5.41, 5.74) is 0.968. The zero-order chi connectivity index (χ0) is 13.5. The molecular formula is C15H15O3P. The largest absolute Gasteiger partial charge is 0.460 e. The van der Waals surface area contributed by atoms with Crippen LogP contribution in [0.5, 0.6) is 11.5 Å². The zero-order valence-electron chi connectivity index (χ0n) is 10.4. The molecule has 0 aromatic heterocycles. The quantitative estimate of drug-likeness (QED) is 0.637. The monoisotopic (exact) mass is 274 g/mol. The Hall–Kier alpha value is -1.83. The predicted molar refractivity (Wildman–Crippen MR) is 77.2 cm³/mol. The highest BCUT2D eigenvalue weighted by Gasteiger charge is 2.13. The van der Waals surface area contributed by atoms with E-state index in [4.69, 9.17) is 9.05 Å². The molecule has 0 amide bonds. The van der Waals surface area contributed by atoms with Gasteiger partial charge in [0.05, 0.1) is 0 Å². The van der Waals surface area contributed by atoms with Gasteiger partial charge in [-0.1, -0.05) is 42.5 Å². The van der Waals surface area contributed by atoms with Crippen molar-refractivity contribution in [2.75, 3.05) is 0 Å². The maximum atomic E-state index is 9.84. The summed E-state index contributed by atoms with van der Waals surface area (Å²) in [5, 5.41) is 0. The van der Waals surface area contributed by atoms with Gasteiger partial charge in [0, 0.05) is 0 Å². The normalized spacial score (nSPS) is 11.6. The van der Waals surface area contributed by atoms with Crippen LogP contribution in [0.25, 0.3) is 0 Å². The molecule has 2 rings (SSSR count). The van der Waals surface area contributed by atoms with Gasteiger partial charge in [-0.05, 0) is 30.2 Å². The molecule has 3 nitrogen and oxygen atoms in total. The van der Waals surface area contributed by atoms with E-state index in [9.17, 15) is 4.89 Å². The number of benzene rings is 2. The van der Waals surface area contributed by atoms with Crippen LogP contribution in [-0.2, 0) is 6.42 Å². The molecule has 0 aliphatic carbocycles. The smallest absolute Gasteiger partial charge is 0.418 e. The van der Waals surface area contributed by atoms with Crippen molar-refractivity contribution in [1.29, 1.82) is 0 Å². The van der Waals surface area contributed by atoms with Crippen LogP contribution in [0.15, 0.2) is 67.3 Å². The molecule has 0 aliphatic rings. The summed E-state index contributed by atoms with van der Waals surface area (Å²) in [4.78, 5) is 9.84. The molecule has 0 saturated heterocycles. The van der Waals surface area contributed by atoms with E-state index in [1.165, 1.54) is 0 Å². The first-order chi connectivity index (χ1) is 9.29. The van der Waals surface area contributed by atoms with Gasteiger partial charge in [-0.3, -0.25) is 0 Å². The van der Waals surface area contributed by atoms with Gasteiger partial charge in [0.25, 0.3) is 0 Å². The fourth-order valence-corrected chi connectivity index (χ4v) is 2.28. The molecule has 2 aromatic carbocycles. The maximum absolute atomic E-state index is 9.84. The van der Waals surface area contributed by atoms with Gasteiger partial charge in [0.2, 0.25) is 0 Å². The minimum atomic E-state index is -1.99. The summed E-state index contributed by atoms with van der Waals surface area (Å²) >= 11 is 0. The van der Waals surface area contributed by atoms with E-state index < -0.39 is 8.60 Å². The van der Waals surface area contributed by atoms with Crippen molar-refractivity contribution in [1.82, 2.24) is 0 Å². The lowest BCUT2D eigenvalue weighted by Crippen LogP contribution is -1.97. The zero-order valence-corrected chi connectivity index (χ0v) is 11.3. The van der Waals surface area contributed by atoms with Crippen LogP contribution in [0.2, 0.25) is 0 Å². The lowest BCUT2D eigenvalue weighted by molar-refractivity contribution is 0.380. The van der Waals surface area contributed by atoms with Crippen LogP contribution in [0, 0.1) is 0 Å². The number of rotatable bonds is 6. The molecule has 0 bridgehead atoms. The van der Waals surface area contributed by atoms with Crippen molar-refractivity contribution in [3.63, 3.8) is 0 Å². The van der Waals surface area contributed by atoms with Crippen LogP contribution in [0.1, 0.15) is 5.56 Å². The molecule has 0 saturated carbocycles. The minimum Gasteiger partial charge on any atom is -0.418 e. The third kappa shape index (κ3) is 4.09. The number of para-hydroxylation sites is 2. The highest BCUT2D eigenvalue weighted by atomic mass is 31.2. The Morgan fingerprint density at radius 1 is 1.00 bits per heavy atom. The SMILES string of the molecule is C=CCc1ccccc1OP(O)Oc1ccccc1. The average molecular weight is 274 g/mol. The molecule has 1 unspecified atom stereocenters. The number of hydrogen-bond donors (Lipinski definition) is 1.